The Kier molecular flexibility index (Phi) is 17.3. The van der Waals surface area contributed by atoms with Crippen molar-refractivity contribution in [2.45, 2.75) is 62.2 Å². The minimum absolute atomic E-state index is 0.472. The van der Waals surface area contributed by atoms with E-state index in [9.17, 15) is 0 Å². The van der Waals surface area contributed by atoms with Crippen LogP contribution in [0.15, 0.2) is 152 Å². The summed E-state index contributed by atoms with van der Waals surface area (Å²) in [6.07, 6.45) is 37.8. The van der Waals surface area contributed by atoms with E-state index in [1.54, 1.807) is 17.4 Å². The van der Waals surface area contributed by atoms with Crippen molar-refractivity contribution in [1.29, 1.82) is 0 Å². The molecule has 0 fully saturated rings. The number of oxazole rings is 1. The maximum Gasteiger partial charge on any atom is 0.227 e. The van der Waals surface area contributed by atoms with Gasteiger partial charge in [-0.3, -0.25) is 0 Å². The Bertz CT molecular complexity index is 2970. The van der Waals surface area contributed by atoms with Crippen molar-refractivity contribution >= 4 is 87.5 Å². The van der Waals surface area contributed by atoms with Crippen molar-refractivity contribution in [3.8, 4) is 11.4 Å². The number of fused-ring (bicyclic) bond motifs is 1. The summed E-state index contributed by atoms with van der Waals surface area (Å²) in [5.41, 5.74) is 13.9. The number of aromatic nitrogens is 5. The van der Waals surface area contributed by atoms with E-state index in [0.717, 1.165) is 82.4 Å². The average Bonchev–Trinajstić information content (AvgIpc) is 3.97. The zero-order chi connectivity index (χ0) is 47.2. The molecule has 5 rings (SSSR count). The standard InChI is InChI=1S/C57H59BN5OS/c1-15-25-30-41(21-7)55-60-54(40(20-6)26-16-2)61-56(62-55)43-32-34-50-47(36-43)59-57(64-50)42(22-8)35-44(23-9)63-48(28-18-4)38(12)39(13)49(63)33-31-37(11)46(27-17-3)53-52(58-14)45(24-10)51(65-53)29-19-5/h15-36H,1,3,9-11H2,2,4-8,12-14H3/b26-16-,28-18-,29-19-,30-25-,33-31-,40-20+,41-21+,42-22+,44-35+,46-27-. The molecule has 0 saturated carbocycles. The third-order valence-corrected chi connectivity index (χ3v) is 12.0. The van der Waals surface area contributed by atoms with E-state index < -0.39 is 0 Å². The summed E-state index contributed by atoms with van der Waals surface area (Å²) in [6, 6.07) is 5.83. The second-order valence-electron chi connectivity index (χ2n) is 14.8. The van der Waals surface area contributed by atoms with Crippen molar-refractivity contribution < 1.29 is 4.42 Å². The van der Waals surface area contributed by atoms with Crippen LogP contribution in [0.5, 0.6) is 0 Å². The normalized spacial score (nSPS) is 13.5. The van der Waals surface area contributed by atoms with Crippen molar-refractivity contribution in [2.75, 3.05) is 0 Å². The number of benzene rings is 1. The van der Waals surface area contributed by atoms with Crippen molar-refractivity contribution in [3.05, 3.63) is 203 Å². The highest BCUT2D eigenvalue weighted by Gasteiger charge is 2.21. The van der Waals surface area contributed by atoms with Gasteiger partial charge < -0.3 is 8.98 Å². The maximum atomic E-state index is 6.46. The third-order valence-electron chi connectivity index (χ3n) is 10.8. The second kappa shape index (κ2) is 23.0. The van der Waals surface area contributed by atoms with Gasteiger partial charge in [0.25, 0.3) is 0 Å². The summed E-state index contributed by atoms with van der Waals surface area (Å²) >= 11 is 1.72. The molecule has 0 spiro atoms. The minimum atomic E-state index is 0.472. The predicted molar refractivity (Wildman–Crippen MR) is 288 cm³/mol. The molecule has 0 atom stereocenters. The lowest BCUT2D eigenvalue weighted by Gasteiger charge is -2.13. The lowest BCUT2D eigenvalue weighted by Crippen LogP contribution is -2.16. The third kappa shape index (κ3) is 10.6. The molecule has 6 nitrogen and oxygen atoms in total. The SMILES string of the molecule is C=C/C=C\C(=C/C)c1nc(C(/C=C\C)=C/C)nc(-c2ccc3oc(C(=C/C)/C=C(\C=C)n4c(/C=C\C)c(C)c(C)c4/C=C\C(=C)/C(=C/C=C)c4sc(/C=C\C)c(C=C)c4[B]C)nc3c2)n1. The Morgan fingerprint density at radius 2 is 1.42 bits per heavy atom. The highest BCUT2D eigenvalue weighted by molar-refractivity contribution is 7.15. The zero-order valence-corrected chi connectivity index (χ0v) is 40.2. The monoisotopic (exact) mass is 872 g/mol. The number of nitrogens with zero attached hydrogens (tertiary/aromatic N) is 5. The molecule has 65 heavy (non-hydrogen) atoms. The summed E-state index contributed by atoms with van der Waals surface area (Å²) in [7, 11) is 2.14. The molecule has 1 aromatic carbocycles. The van der Waals surface area contributed by atoms with Gasteiger partial charge in [0.15, 0.2) is 30.3 Å². The molecule has 0 saturated heterocycles. The Morgan fingerprint density at radius 1 is 0.754 bits per heavy atom. The molecule has 0 amide bonds. The van der Waals surface area contributed by atoms with Crippen molar-refractivity contribution in [3.63, 3.8) is 0 Å². The molecular weight excluding hydrogens is 814 g/mol. The molecule has 4 heterocycles. The Morgan fingerprint density at radius 3 is 1.98 bits per heavy atom. The first-order chi connectivity index (χ1) is 31.5. The van der Waals surface area contributed by atoms with E-state index in [0.29, 0.717) is 34.5 Å². The van der Waals surface area contributed by atoms with Crippen LogP contribution in [0.4, 0.5) is 0 Å². The lowest BCUT2D eigenvalue weighted by atomic mass is 9.69. The van der Waals surface area contributed by atoms with E-state index in [-0.39, 0.29) is 0 Å². The minimum Gasteiger partial charge on any atom is -0.436 e. The van der Waals surface area contributed by atoms with Gasteiger partial charge in [0.05, 0.1) is 0 Å². The first kappa shape index (κ1) is 48.9. The van der Waals surface area contributed by atoms with Crippen LogP contribution in [0.3, 0.4) is 0 Å². The van der Waals surface area contributed by atoms with Gasteiger partial charge in [-0.1, -0.05) is 130 Å². The van der Waals surface area contributed by atoms with Crippen LogP contribution in [0, 0.1) is 13.8 Å². The molecule has 1 radical (unpaired) electrons. The summed E-state index contributed by atoms with van der Waals surface area (Å²) in [6.45, 7) is 39.2. The molecule has 8 heteroatoms. The van der Waals surface area contributed by atoms with Gasteiger partial charge in [-0.2, -0.15) is 0 Å². The maximum absolute atomic E-state index is 6.46. The van der Waals surface area contributed by atoms with Crippen LogP contribution in [0.1, 0.15) is 96.9 Å². The number of hydrogen-bond acceptors (Lipinski definition) is 6. The van der Waals surface area contributed by atoms with Gasteiger partial charge >= 0.3 is 0 Å². The molecule has 327 valence electrons. The molecule has 0 unspecified atom stereocenters. The van der Waals surface area contributed by atoms with Crippen molar-refractivity contribution in [2.24, 2.45) is 0 Å². The molecule has 0 N–H and O–H groups in total. The van der Waals surface area contributed by atoms with E-state index in [2.05, 4.69) is 108 Å². The number of hydrogen-bond donors (Lipinski definition) is 0. The van der Waals surface area contributed by atoms with Gasteiger partial charge in [0, 0.05) is 49.1 Å². The topological polar surface area (TPSA) is 69.6 Å². The number of rotatable bonds is 19. The van der Waals surface area contributed by atoms with Crippen LogP contribution >= 0.6 is 11.3 Å². The van der Waals surface area contributed by atoms with Gasteiger partial charge in [0.1, 0.15) is 5.52 Å². The van der Waals surface area contributed by atoms with E-state index in [1.807, 2.05) is 127 Å². The molecule has 0 bridgehead atoms. The van der Waals surface area contributed by atoms with Crippen LogP contribution < -0.4 is 5.46 Å². The van der Waals surface area contributed by atoms with Crippen LogP contribution in [0.2, 0.25) is 6.82 Å². The molecule has 0 aliphatic heterocycles. The Hall–Kier alpha value is -7.16. The average molecular weight is 873 g/mol. The second-order valence-corrected chi connectivity index (χ2v) is 15.8. The lowest BCUT2D eigenvalue weighted by molar-refractivity contribution is 0.585. The number of thiophene rings is 1. The quantitative estimate of drug-likeness (QED) is 0.0611. The summed E-state index contributed by atoms with van der Waals surface area (Å²) in [4.78, 5) is 22.0. The fraction of sp³-hybridized carbons (Fsp3) is 0.158. The molecule has 0 aliphatic rings. The fourth-order valence-electron chi connectivity index (χ4n) is 7.39. The fourth-order valence-corrected chi connectivity index (χ4v) is 8.77. The molecular formula is C57H59BN5OS. The highest BCUT2D eigenvalue weighted by Crippen LogP contribution is 2.35. The van der Waals surface area contributed by atoms with Gasteiger partial charge in [-0.25, -0.2) is 19.9 Å². The van der Waals surface area contributed by atoms with Crippen molar-refractivity contribution in [1.82, 2.24) is 24.5 Å². The zero-order valence-electron chi connectivity index (χ0n) is 39.4. The van der Waals surface area contributed by atoms with Crippen LogP contribution in [0.25, 0.3) is 74.8 Å². The van der Waals surface area contributed by atoms with Crippen LogP contribution in [-0.4, -0.2) is 31.8 Å². The first-order valence-corrected chi connectivity index (χ1v) is 22.5. The summed E-state index contributed by atoms with van der Waals surface area (Å²) in [5.74, 6) is 2.13. The van der Waals surface area contributed by atoms with Crippen LogP contribution in [-0.2, 0) is 0 Å². The molecule has 0 aliphatic carbocycles. The van der Waals surface area contributed by atoms with Gasteiger partial charge in [0.2, 0.25) is 5.89 Å². The smallest absolute Gasteiger partial charge is 0.227 e. The Labute approximate surface area is 391 Å². The Balaban J connectivity index is 1.60. The van der Waals surface area contributed by atoms with E-state index >= 15 is 0 Å². The van der Waals surface area contributed by atoms with E-state index in [1.165, 1.54) is 0 Å². The largest absolute Gasteiger partial charge is 0.436 e. The summed E-state index contributed by atoms with van der Waals surface area (Å²) < 4.78 is 8.68. The van der Waals surface area contributed by atoms with Gasteiger partial charge in [-0.05, 0) is 132 Å². The molecule has 4 aromatic heterocycles. The van der Waals surface area contributed by atoms with E-state index in [4.69, 9.17) is 24.4 Å². The van der Waals surface area contributed by atoms with Gasteiger partial charge in [-0.15, -0.1) is 11.3 Å². The molecule has 5 aromatic rings. The predicted octanol–water partition coefficient (Wildman–Crippen LogP) is 15.3. The summed E-state index contributed by atoms with van der Waals surface area (Å²) in [5, 5.41) is 0. The highest BCUT2D eigenvalue weighted by atomic mass is 32.1. The first-order valence-electron chi connectivity index (χ1n) is 21.7. The number of allylic oxidation sites excluding steroid dienone is 21.